The second kappa shape index (κ2) is 6.57. The number of aryl methyl sites for hydroxylation is 1. The fourth-order valence-corrected chi connectivity index (χ4v) is 2.55. The van der Waals surface area contributed by atoms with Gasteiger partial charge in [-0.1, -0.05) is 42.3 Å². The van der Waals surface area contributed by atoms with Gasteiger partial charge in [0, 0.05) is 10.0 Å². The quantitative estimate of drug-likeness (QED) is 0.824. The third-order valence-corrected chi connectivity index (χ3v) is 3.96. The van der Waals surface area contributed by atoms with Crippen LogP contribution in [0.1, 0.15) is 29.7 Å². The van der Waals surface area contributed by atoms with Crippen molar-refractivity contribution in [1.29, 1.82) is 0 Å². The van der Waals surface area contributed by atoms with E-state index in [2.05, 4.69) is 5.32 Å². The van der Waals surface area contributed by atoms with Crippen molar-refractivity contribution in [3.8, 4) is 0 Å². The summed E-state index contributed by atoms with van der Waals surface area (Å²) in [5.74, 6) is -0.300. The summed E-state index contributed by atoms with van der Waals surface area (Å²) in [6.45, 7) is 4.68. The Morgan fingerprint density at radius 1 is 1.10 bits per heavy atom. The largest absolute Gasteiger partial charge is 0.306 e. The molecule has 0 aromatic heterocycles. The molecule has 1 nitrogen and oxygen atoms in total. The molecule has 0 fully saturated rings. The molecule has 1 unspecified atom stereocenters. The molecule has 0 bridgehead atoms. The van der Waals surface area contributed by atoms with Crippen molar-refractivity contribution in [1.82, 2.24) is 5.32 Å². The average molecular weight is 312 g/mol. The number of hydrogen-bond acceptors (Lipinski definition) is 1. The number of rotatable bonds is 4. The first-order valence-corrected chi connectivity index (χ1v) is 7.23. The normalized spacial score (nSPS) is 12.4. The highest BCUT2D eigenvalue weighted by molar-refractivity contribution is 6.31. The first-order chi connectivity index (χ1) is 9.52. The van der Waals surface area contributed by atoms with Crippen LogP contribution in [0.5, 0.6) is 0 Å². The first kappa shape index (κ1) is 15.3. The van der Waals surface area contributed by atoms with Crippen molar-refractivity contribution >= 4 is 23.2 Å². The molecule has 2 rings (SSSR count). The molecule has 0 aliphatic carbocycles. The summed E-state index contributed by atoms with van der Waals surface area (Å²) >= 11 is 12.4. The van der Waals surface area contributed by atoms with Crippen LogP contribution in [0.15, 0.2) is 36.4 Å². The molecular weight excluding hydrogens is 296 g/mol. The predicted molar refractivity (Wildman–Crippen MR) is 83.1 cm³/mol. The van der Waals surface area contributed by atoms with E-state index in [9.17, 15) is 4.39 Å². The van der Waals surface area contributed by atoms with Crippen molar-refractivity contribution in [2.45, 2.75) is 19.9 Å². The Hall–Kier alpha value is -1.09. The Labute approximate surface area is 128 Å². The number of hydrogen-bond donors (Lipinski definition) is 1. The van der Waals surface area contributed by atoms with Gasteiger partial charge in [0.2, 0.25) is 0 Å². The van der Waals surface area contributed by atoms with Crippen LogP contribution in [0, 0.1) is 12.7 Å². The van der Waals surface area contributed by atoms with Gasteiger partial charge in [-0.3, -0.25) is 0 Å². The molecule has 20 heavy (non-hydrogen) atoms. The number of halogens is 3. The lowest BCUT2D eigenvalue weighted by Gasteiger charge is -2.21. The molecule has 0 heterocycles. The molecule has 2 aromatic rings. The minimum atomic E-state index is -0.300. The summed E-state index contributed by atoms with van der Waals surface area (Å²) in [5, 5.41) is 4.55. The van der Waals surface area contributed by atoms with Crippen LogP contribution < -0.4 is 5.32 Å². The molecule has 0 aliphatic rings. The van der Waals surface area contributed by atoms with E-state index in [-0.39, 0.29) is 11.9 Å². The van der Waals surface area contributed by atoms with Crippen molar-refractivity contribution in [2.75, 3.05) is 6.54 Å². The van der Waals surface area contributed by atoms with Crippen molar-refractivity contribution in [2.24, 2.45) is 0 Å². The van der Waals surface area contributed by atoms with Crippen LogP contribution in [0.2, 0.25) is 10.0 Å². The molecule has 0 saturated heterocycles. The maximum atomic E-state index is 13.5. The van der Waals surface area contributed by atoms with E-state index in [1.54, 1.807) is 6.07 Å². The zero-order chi connectivity index (χ0) is 14.7. The minimum Gasteiger partial charge on any atom is -0.306 e. The van der Waals surface area contributed by atoms with Crippen LogP contribution in [0.4, 0.5) is 4.39 Å². The van der Waals surface area contributed by atoms with E-state index in [0.717, 1.165) is 17.7 Å². The van der Waals surface area contributed by atoms with Crippen LogP contribution in [0.25, 0.3) is 0 Å². The molecule has 0 spiro atoms. The Bertz CT molecular complexity index is 613. The standard InChI is InChI=1S/C16H16Cl2FN/c1-3-20-16(11-5-4-10(2)15(18)8-11)13-9-12(19)6-7-14(13)17/h4-9,16,20H,3H2,1-2H3. The Morgan fingerprint density at radius 2 is 1.85 bits per heavy atom. The van der Waals surface area contributed by atoms with Gasteiger partial charge in [-0.05, 0) is 54.4 Å². The molecule has 106 valence electrons. The number of benzene rings is 2. The summed E-state index contributed by atoms with van der Waals surface area (Å²) in [6.07, 6.45) is 0. The maximum absolute atomic E-state index is 13.5. The molecular formula is C16H16Cl2FN. The molecule has 2 aromatic carbocycles. The monoisotopic (exact) mass is 311 g/mol. The van der Waals surface area contributed by atoms with Crippen LogP contribution in [0.3, 0.4) is 0 Å². The van der Waals surface area contributed by atoms with Gasteiger partial charge in [-0.25, -0.2) is 4.39 Å². The highest BCUT2D eigenvalue weighted by Crippen LogP contribution is 2.31. The van der Waals surface area contributed by atoms with Gasteiger partial charge in [0.1, 0.15) is 5.82 Å². The van der Waals surface area contributed by atoms with E-state index in [1.807, 2.05) is 32.0 Å². The van der Waals surface area contributed by atoms with Crippen molar-refractivity contribution in [3.63, 3.8) is 0 Å². The predicted octanol–water partition coefficient (Wildman–Crippen LogP) is 5.14. The summed E-state index contributed by atoms with van der Waals surface area (Å²) in [4.78, 5) is 0. The molecule has 1 atom stereocenters. The fraction of sp³-hybridized carbons (Fsp3) is 0.250. The van der Waals surface area contributed by atoms with E-state index < -0.39 is 0 Å². The Balaban J connectivity index is 2.49. The van der Waals surface area contributed by atoms with Gasteiger partial charge >= 0.3 is 0 Å². The zero-order valence-corrected chi connectivity index (χ0v) is 12.9. The highest BCUT2D eigenvalue weighted by atomic mass is 35.5. The zero-order valence-electron chi connectivity index (χ0n) is 11.4. The average Bonchev–Trinajstić information content (AvgIpc) is 2.42. The molecule has 4 heteroatoms. The minimum absolute atomic E-state index is 0.179. The SMILES string of the molecule is CCNC(c1ccc(C)c(Cl)c1)c1cc(F)ccc1Cl. The topological polar surface area (TPSA) is 12.0 Å². The summed E-state index contributed by atoms with van der Waals surface area (Å²) in [6, 6.07) is 10.0. The third kappa shape index (κ3) is 3.32. The van der Waals surface area contributed by atoms with Crippen molar-refractivity contribution in [3.05, 3.63) is 69.0 Å². The smallest absolute Gasteiger partial charge is 0.123 e. The van der Waals surface area contributed by atoms with Gasteiger partial charge in [-0.15, -0.1) is 0 Å². The summed E-state index contributed by atoms with van der Waals surface area (Å²) in [7, 11) is 0. The lowest BCUT2D eigenvalue weighted by atomic mass is 9.97. The molecule has 0 radical (unpaired) electrons. The fourth-order valence-electron chi connectivity index (χ4n) is 2.14. The van der Waals surface area contributed by atoms with Gasteiger partial charge < -0.3 is 5.32 Å². The first-order valence-electron chi connectivity index (χ1n) is 6.47. The second-order valence-electron chi connectivity index (χ2n) is 4.67. The van der Waals surface area contributed by atoms with Gasteiger partial charge in [-0.2, -0.15) is 0 Å². The highest BCUT2D eigenvalue weighted by Gasteiger charge is 2.17. The number of nitrogens with one attached hydrogen (secondary N) is 1. The van der Waals surface area contributed by atoms with Gasteiger partial charge in [0.15, 0.2) is 0 Å². The lowest BCUT2D eigenvalue weighted by Crippen LogP contribution is -2.22. The molecule has 0 amide bonds. The van der Waals surface area contributed by atoms with Crippen LogP contribution in [-0.4, -0.2) is 6.54 Å². The molecule has 1 N–H and O–H groups in total. The summed E-state index contributed by atoms with van der Waals surface area (Å²) in [5.41, 5.74) is 2.69. The van der Waals surface area contributed by atoms with Crippen molar-refractivity contribution < 1.29 is 4.39 Å². The molecule has 0 saturated carbocycles. The van der Waals surface area contributed by atoms with Crippen LogP contribution in [-0.2, 0) is 0 Å². The Kier molecular flexibility index (Phi) is 5.03. The van der Waals surface area contributed by atoms with Crippen LogP contribution >= 0.6 is 23.2 Å². The van der Waals surface area contributed by atoms with E-state index in [0.29, 0.717) is 15.6 Å². The Morgan fingerprint density at radius 3 is 2.50 bits per heavy atom. The second-order valence-corrected chi connectivity index (χ2v) is 5.48. The summed E-state index contributed by atoms with van der Waals surface area (Å²) < 4.78 is 13.5. The third-order valence-electron chi connectivity index (χ3n) is 3.21. The molecule has 0 aliphatic heterocycles. The van der Waals surface area contributed by atoms with Gasteiger partial charge in [0.05, 0.1) is 6.04 Å². The van der Waals surface area contributed by atoms with E-state index in [4.69, 9.17) is 23.2 Å². The van der Waals surface area contributed by atoms with E-state index in [1.165, 1.54) is 12.1 Å². The lowest BCUT2D eigenvalue weighted by molar-refractivity contribution is 0.603. The van der Waals surface area contributed by atoms with E-state index >= 15 is 0 Å². The van der Waals surface area contributed by atoms with Gasteiger partial charge in [0.25, 0.3) is 0 Å². The maximum Gasteiger partial charge on any atom is 0.123 e.